The fourth-order valence-electron chi connectivity index (χ4n) is 6.14. The first-order valence-electron chi connectivity index (χ1n) is 16.5. The van der Waals surface area contributed by atoms with Gasteiger partial charge in [-0.2, -0.15) is 0 Å². The fraction of sp³-hybridized carbons (Fsp3) is 0.316. The number of carbonyl (C=O) groups excluding carboxylic acids is 2. The Labute approximate surface area is 309 Å². The van der Waals surface area contributed by atoms with Crippen molar-refractivity contribution in [2.24, 2.45) is 0 Å². The van der Waals surface area contributed by atoms with E-state index in [2.05, 4.69) is 5.32 Å². The zero-order chi connectivity index (χ0) is 35.8. The van der Waals surface area contributed by atoms with Crippen LogP contribution in [0.15, 0.2) is 95.9 Å². The summed E-state index contributed by atoms with van der Waals surface area (Å²) in [4.78, 5) is 30.6. The van der Waals surface area contributed by atoms with Gasteiger partial charge < -0.3 is 15.0 Å². The maximum absolute atomic E-state index is 14.9. The van der Waals surface area contributed by atoms with Gasteiger partial charge in [0.25, 0.3) is 10.0 Å². The average Bonchev–Trinajstić information content (AvgIpc) is 3.10. The number of methoxy groups -OCH3 is 1. The van der Waals surface area contributed by atoms with Crippen LogP contribution in [0.4, 0.5) is 5.69 Å². The molecule has 264 valence electrons. The van der Waals surface area contributed by atoms with Crippen LogP contribution in [0.1, 0.15) is 48.8 Å². The lowest BCUT2D eigenvalue weighted by Crippen LogP contribution is -2.55. The number of nitrogens with zero attached hydrogens (tertiary/aromatic N) is 2. The van der Waals surface area contributed by atoms with Crippen molar-refractivity contribution in [3.05, 3.63) is 123 Å². The summed E-state index contributed by atoms with van der Waals surface area (Å²) < 4.78 is 35.4. The van der Waals surface area contributed by atoms with Gasteiger partial charge in [-0.15, -0.1) is 0 Å². The highest BCUT2D eigenvalue weighted by atomic mass is 35.5. The molecule has 4 aromatic rings. The number of rotatable bonds is 13. The van der Waals surface area contributed by atoms with Crippen LogP contribution in [0.25, 0.3) is 0 Å². The second-order valence-corrected chi connectivity index (χ2v) is 15.6. The third-order valence-electron chi connectivity index (χ3n) is 8.88. The molecule has 50 heavy (non-hydrogen) atoms. The van der Waals surface area contributed by atoms with Crippen molar-refractivity contribution in [2.75, 3.05) is 18.0 Å². The number of ether oxygens (including phenoxy) is 1. The minimum Gasteiger partial charge on any atom is -0.495 e. The molecule has 1 saturated carbocycles. The molecule has 0 bridgehead atoms. The van der Waals surface area contributed by atoms with Crippen LogP contribution < -0.4 is 14.4 Å². The summed E-state index contributed by atoms with van der Waals surface area (Å²) in [5.41, 5.74) is 2.31. The van der Waals surface area contributed by atoms with Crippen molar-refractivity contribution in [2.45, 2.75) is 69.0 Å². The Morgan fingerprint density at radius 1 is 0.880 bits per heavy atom. The Hall–Kier alpha value is -3.76. The van der Waals surface area contributed by atoms with E-state index < -0.39 is 28.5 Å². The first-order chi connectivity index (χ1) is 24.0. The number of aryl methyl sites for hydroxylation is 1. The summed E-state index contributed by atoms with van der Waals surface area (Å²) in [5, 5.41) is 4.17. The molecule has 1 aliphatic rings. The summed E-state index contributed by atoms with van der Waals surface area (Å²) in [6.07, 6.45) is 4.99. The third-order valence-corrected chi connectivity index (χ3v) is 11.5. The summed E-state index contributed by atoms with van der Waals surface area (Å²) >= 11 is 19.3. The second kappa shape index (κ2) is 17.0. The lowest BCUT2D eigenvalue weighted by Gasteiger charge is -2.35. The number of benzene rings is 4. The van der Waals surface area contributed by atoms with E-state index in [1.165, 1.54) is 30.2 Å². The number of nitrogens with one attached hydrogen (secondary N) is 1. The summed E-state index contributed by atoms with van der Waals surface area (Å²) in [7, 11) is -2.95. The molecular formula is C38H40Cl3N3O5S. The molecule has 0 saturated heterocycles. The Kier molecular flexibility index (Phi) is 12.7. The molecule has 1 atom stereocenters. The van der Waals surface area contributed by atoms with Crippen molar-refractivity contribution in [1.82, 2.24) is 10.2 Å². The van der Waals surface area contributed by atoms with Gasteiger partial charge >= 0.3 is 0 Å². The number of anilines is 1. The molecule has 0 radical (unpaired) electrons. The van der Waals surface area contributed by atoms with Gasteiger partial charge in [0, 0.05) is 34.1 Å². The van der Waals surface area contributed by atoms with Crippen LogP contribution in [0.2, 0.25) is 15.1 Å². The van der Waals surface area contributed by atoms with Gasteiger partial charge in [-0.25, -0.2) is 8.42 Å². The maximum atomic E-state index is 14.9. The number of amides is 2. The quantitative estimate of drug-likeness (QED) is 0.148. The van der Waals surface area contributed by atoms with Crippen LogP contribution in [-0.2, 0) is 32.6 Å². The second-order valence-electron chi connectivity index (χ2n) is 12.4. The van der Waals surface area contributed by atoms with Crippen LogP contribution in [0, 0.1) is 6.92 Å². The summed E-state index contributed by atoms with van der Waals surface area (Å²) in [5.74, 6) is -0.762. The highest BCUT2D eigenvalue weighted by molar-refractivity contribution is 7.92. The molecule has 1 N–H and O–H groups in total. The van der Waals surface area contributed by atoms with Crippen LogP contribution >= 0.6 is 34.8 Å². The van der Waals surface area contributed by atoms with Gasteiger partial charge in [-0.05, 0) is 73.4 Å². The van der Waals surface area contributed by atoms with Crippen LogP contribution in [-0.4, -0.2) is 50.9 Å². The summed E-state index contributed by atoms with van der Waals surface area (Å²) in [6.45, 7) is 1.10. The van der Waals surface area contributed by atoms with E-state index in [0.29, 0.717) is 15.6 Å². The van der Waals surface area contributed by atoms with Crippen molar-refractivity contribution in [3.63, 3.8) is 0 Å². The lowest BCUT2D eigenvalue weighted by atomic mass is 9.94. The largest absolute Gasteiger partial charge is 0.495 e. The first-order valence-corrected chi connectivity index (χ1v) is 19.0. The van der Waals surface area contributed by atoms with E-state index in [1.54, 1.807) is 42.5 Å². The average molecular weight is 757 g/mol. The summed E-state index contributed by atoms with van der Waals surface area (Å²) in [6, 6.07) is 24.2. The number of halogens is 3. The van der Waals surface area contributed by atoms with E-state index in [1.807, 2.05) is 37.3 Å². The van der Waals surface area contributed by atoms with Crippen molar-refractivity contribution in [1.29, 1.82) is 0 Å². The minimum atomic E-state index is -4.36. The van der Waals surface area contributed by atoms with E-state index in [4.69, 9.17) is 39.5 Å². The van der Waals surface area contributed by atoms with Gasteiger partial charge in [0.15, 0.2) is 0 Å². The Bertz CT molecular complexity index is 1900. The SMILES string of the molecule is COc1ccc(Cl)cc1N(CC(=O)N(Cc1ccc(Cl)cc1Cl)[C@H](Cc1ccccc1)C(=O)NC1CCCCC1)S(=O)(=O)c1ccc(C)cc1. The highest BCUT2D eigenvalue weighted by Gasteiger charge is 2.36. The van der Waals surface area contributed by atoms with E-state index in [0.717, 1.165) is 47.5 Å². The third kappa shape index (κ3) is 9.31. The van der Waals surface area contributed by atoms with Crippen LogP contribution in [0.3, 0.4) is 0 Å². The van der Waals surface area contributed by atoms with E-state index in [-0.39, 0.29) is 46.3 Å². The number of hydrogen-bond acceptors (Lipinski definition) is 5. The molecular weight excluding hydrogens is 717 g/mol. The topological polar surface area (TPSA) is 96.0 Å². The Morgan fingerprint density at radius 2 is 1.54 bits per heavy atom. The molecule has 0 heterocycles. The Morgan fingerprint density at radius 3 is 2.20 bits per heavy atom. The van der Waals surface area contributed by atoms with Gasteiger partial charge in [-0.3, -0.25) is 13.9 Å². The number of carbonyl (C=O) groups is 2. The smallest absolute Gasteiger partial charge is 0.264 e. The maximum Gasteiger partial charge on any atom is 0.264 e. The molecule has 1 fully saturated rings. The molecule has 12 heteroatoms. The van der Waals surface area contributed by atoms with Gasteiger partial charge in [-0.1, -0.05) is 108 Å². The molecule has 0 aromatic heterocycles. The van der Waals surface area contributed by atoms with E-state index >= 15 is 0 Å². The number of hydrogen-bond donors (Lipinski definition) is 1. The molecule has 2 amide bonds. The predicted octanol–water partition coefficient (Wildman–Crippen LogP) is 8.25. The minimum absolute atomic E-state index is 0.0268. The molecule has 8 nitrogen and oxygen atoms in total. The van der Waals surface area contributed by atoms with Crippen molar-refractivity contribution in [3.8, 4) is 5.75 Å². The molecule has 0 aliphatic heterocycles. The van der Waals surface area contributed by atoms with E-state index in [9.17, 15) is 18.0 Å². The van der Waals surface area contributed by atoms with Gasteiger partial charge in [0.1, 0.15) is 18.3 Å². The monoisotopic (exact) mass is 755 g/mol. The molecule has 0 unspecified atom stereocenters. The van der Waals surface area contributed by atoms with Crippen LogP contribution in [0.5, 0.6) is 5.75 Å². The highest BCUT2D eigenvalue weighted by Crippen LogP contribution is 2.35. The predicted molar refractivity (Wildman–Crippen MR) is 200 cm³/mol. The fourth-order valence-corrected chi connectivity index (χ4v) is 8.19. The molecule has 5 rings (SSSR count). The molecule has 4 aromatic carbocycles. The van der Waals surface area contributed by atoms with Crippen molar-refractivity contribution < 1.29 is 22.7 Å². The Balaban J connectivity index is 1.62. The van der Waals surface area contributed by atoms with Gasteiger partial charge in [0.2, 0.25) is 11.8 Å². The molecule has 0 spiro atoms. The zero-order valence-corrected chi connectivity index (χ0v) is 31.0. The number of sulfonamides is 1. The first kappa shape index (κ1) is 37.5. The lowest BCUT2D eigenvalue weighted by molar-refractivity contribution is -0.140. The normalized spacial score (nSPS) is 14.1. The molecule has 1 aliphatic carbocycles. The standard InChI is InChI=1S/C38H40Cl3N3O5S/c1-26-13-18-32(19-14-26)50(47,48)44(34-23-30(40)17-20-36(34)49-2)25-37(45)43(24-28-15-16-29(39)22-33(28)41)35(21-27-9-5-3-6-10-27)38(46)42-31-11-7-4-8-12-31/h3,5-6,9-10,13-20,22-23,31,35H,4,7-8,11-12,21,24-25H2,1-2H3,(H,42,46)/t35-/m1/s1. The zero-order valence-electron chi connectivity index (χ0n) is 27.9. The van der Waals surface area contributed by atoms with Crippen molar-refractivity contribution >= 4 is 62.3 Å². The van der Waals surface area contributed by atoms with Gasteiger partial charge in [0.05, 0.1) is 17.7 Å².